The van der Waals surface area contributed by atoms with Crippen LogP contribution in [0.15, 0.2) is 103 Å². The fourth-order valence-corrected chi connectivity index (χ4v) is 10.2. The second-order valence-corrected chi connectivity index (χ2v) is 16.3. The number of imide groups is 2. The number of pyridine rings is 1. The number of nitrogens with zero attached hydrogens (tertiary/aromatic N) is 3. The first kappa shape index (κ1) is 38.1. The highest BCUT2D eigenvalue weighted by Crippen LogP contribution is 2.65. The Hall–Kier alpha value is -5.43. The minimum atomic E-state index is -4.76. The zero-order valence-corrected chi connectivity index (χ0v) is 32.5. The van der Waals surface area contributed by atoms with E-state index in [1.165, 1.54) is 6.07 Å². The Morgan fingerprint density at radius 3 is 2.26 bits per heavy atom. The Balaban J connectivity index is 1.26. The predicted molar refractivity (Wildman–Crippen MR) is 211 cm³/mol. The van der Waals surface area contributed by atoms with Crippen LogP contribution in [0, 0.1) is 30.6 Å². The number of aromatic nitrogens is 1. The van der Waals surface area contributed by atoms with Crippen LogP contribution in [0.2, 0.25) is 15.1 Å². The molecule has 4 aliphatic rings. The summed E-state index contributed by atoms with van der Waals surface area (Å²) < 4.78 is 40.7. The molecule has 2 saturated heterocycles. The van der Waals surface area contributed by atoms with E-state index in [9.17, 15) is 27.9 Å². The Morgan fingerprint density at radius 2 is 1.57 bits per heavy atom. The van der Waals surface area contributed by atoms with Crippen LogP contribution in [0.1, 0.15) is 41.0 Å². The zero-order chi connectivity index (χ0) is 41.0. The van der Waals surface area contributed by atoms with Crippen LogP contribution < -0.4 is 10.3 Å². The molecule has 4 aromatic carbocycles. The number of nitrogens with one attached hydrogen (secondary N) is 1. The number of halogens is 6. The van der Waals surface area contributed by atoms with Gasteiger partial charge in [-0.05, 0) is 84.2 Å². The van der Waals surface area contributed by atoms with Crippen molar-refractivity contribution in [2.45, 2.75) is 37.3 Å². The van der Waals surface area contributed by atoms with E-state index >= 15 is 9.59 Å². The predicted octanol–water partition coefficient (Wildman–Crippen LogP) is 9.42. The molecule has 3 fully saturated rings. The van der Waals surface area contributed by atoms with Crippen molar-refractivity contribution >= 4 is 80.7 Å². The van der Waals surface area contributed by atoms with Gasteiger partial charge in [-0.1, -0.05) is 95.0 Å². The summed E-state index contributed by atoms with van der Waals surface area (Å²) in [6, 6.07) is 22.3. The molecule has 58 heavy (non-hydrogen) atoms. The SMILES string of the molecule is Cc1ccc(N2C(=O)[C@H]3[C@H](CC=C4[C@H]3C[C@H]3C(=O)N(Nc5ncc(C(F)(F)F)cc5Cl)C(=O)[C@@]3(c3ccc(Cl)cc3)[C@H]4c3ccc(O)c4ccccc34)C2=O)cc1Cl. The highest BCUT2D eigenvalue weighted by Gasteiger charge is 2.70. The molecule has 2 aliphatic carbocycles. The zero-order valence-electron chi connectivity index (χ0n) is 30.2. The number of fused-ring (bicyclic) bond motifs is 5. The fraction of sp³-hybridized carbons (Fsp3) is 0.233. The van der Waals surface area contributed by atoms with E-state index in [-0.39, 0.29) is 24.4 Å². The average Bonchev–Trinajstić information content (AvgIpc) is 3.57. The van der Waals surface area contributed by atoms with Gasteiger partial charge in [-0.25, -0.2) is 9.88 Å². The summed E-state index contributed by atoms with van der Waals surface area (Å²) in [4.78, 5) is 64.4. The fourth-order valence-electron chi connectivity index (χ4n) is 9.66. The number of carbonyl (C=O) groups excluding carboxylic acids is 4. The molecule has 3 heterocycles. The molecule has 9 rings (SSSR count). The van der Waals surface area contributed by atoms with Crippen molar-refractivity contribution in [2.75, 3.05) is 10.3 Å². The normalized spacial score (nSPS) is 25.5. The maximum Gasteiger partial charge on any atom is 0.417 e. The topological polar surface area (TPSA) is 120 Å². The van der Waals surface area contributed by atoms with Crippen molar-refractivity contribution in [1.82, 2.24) is 9.99 Å². The summed E-state index contributed by atoms with van der Waals surface area (Å²) in [5, 5.41) is 13.1. The molecule has 294 valence electrons. The third-order valence-corrected chi connectivity index (χ3v) is 13.2. The first-order valence-electron chi connectivity index (χ1n) is 18.3. The van der Waals surface area contributed by atoms with Crippen LogP contribution in [-0.2, 0) is 30.8 Å². The quantitative estimate of drug-likeness (QED) is 0.134. The molecule has 0 radical (unpaired) electrons. The maximum absolute atomic E-state index is 15.5. The number of phenolic OH excluding ortho intramolecular Hbond substituents is 1. The van der Waals surface area contributed by atoms with E-state index in [4.69, 9.17) is 34.8 Å². The smallest absolute Gasteiger partial charge is 0.417 e. The molecule has 15 heteroatoms. The highest BCUT2D eigenvalue weighted by molar-refractivity contribution is 6.33. The van der Waals surface area contributed by atoms with Gasteiger partial charge in [0.05, 0.1) is 39.4 Å². The summed E-state index contributed by atoms with van der Waals surface area (Å²) in [7, 11) is 0. The molecular weight excluding hydrogens is 816 g/mol. The van der Waals surface area contributed by atoms with Crippen molar-refractivity contribution in [2.24, 2.45) is 23.7 Å². The second kappa shape index (κ2) is 13.6. The number of alkyl halides is 3. The van der Waals surface area contributed by atoms with E-state index in [1.54, 1.807) is 79.7 Å². The number of allylic oxidation sites excluding steroid dienone is 2. The summed E-state index contributed by atoms with van der Waals surface area (Å²) in [5.74, 6) is -7.37. The summed E-state index contributed by atoms with van der Waals surface area (Å²) in [6.07, 6.45) is -2.22. The molecule has 1 aromatic heterocycles. The largest absolute Gasteiger partial charge is 0.507 e. The number of rotatable bonds is 5. The van der Waals surface area contributed by atoms with Gasteiger partial charge < -0.3 is 5.11 Å². The monoisotopic (exact) mass is 844 g/mol. The number of benzene rings is 4. The van der Waals surface area contributed by atoms with E-state index < -0.39 is 75.4 Å². The number of hydrazine groups is 1. The van der Waals surface area contributed by atoms with Crippen LogP contribution >= 0.6 is 34.8 Å². The highest BCUT2D eigenvalue weighted by atomic mass is 35.5. The van der Waals surface area contributed by atoms with Crippen LogP contribution in [0.4, 0.5) is 24.7 Å². The van der Waals surface area contributed by atoms with Gasteiger partial charge in [-0.15, -0.1) is 0 Å². The lowest BCUT2D eigenvalue weighted by atomic mass is 9.49. The van der Waals surface area contributed by atoms with Crippen LogP contribution in [0.3, 0.4) is 0 Å². The standard InChI is InChI=1S/C43H30Cl3F3N4O5/c1-20-6-11-24(17-32(20)45)52-38(55)29-13-12-28-30(35(29)40(52)57)18-31-39(56)53(51-37-33(46)16-22(19-50-37)43(47,48)49)41(58)42(31,21-7-9-23(44)10-8-21)36(28)27-14-15-34(54)26-5-3-2-4-25(26)27/h2-12,14-17,19,29-31,35-36,54H,13,18H2,1H3,(H,50,51)/t29-,30+,31-,35-,36-,42+/m0/s1. The van der Waals surface area contributed by atoms with Crippen LogP contribution in [0.5, 0.6) is 5.75 Å². The number of carbonyl (C=O) groups is 4. The van der Waals surface area contributed by atoms with Crippen molar-refractivity contribution in [1.29, 1.82) is 0 Å². The van der Waals surface area contributed by atoms with E-state index in [2.05, 4.69) is 10.4 Å². The minimum absolute atomic E-state index is 0.0226. The van der Waals surface area contributed by atoms with Gasteiger partial charge in [-0.3, -0.25) is 24.6 Å². The van der Waals surface area contributed by atoms with Gasteiger partial charge in [0.1, 0.15) is 5.75 Å². The molecule has 9 nitrogen and oxygen atoms in total. The maximum atomic E-state index is 15.5. The van der Waals surface area contributed by atoms with E-state index in [1.807, 2.05) is 6.08 Å². The molecule has 0 spiro atoms. The van der Waals surface area contributed by atoms with Crippen molar-refractivity contribution in [3.63, 3.8) is 0 Å². The first-order valence-corrected chi connectivity index (χ1v) is 19.4. The minimum Gasteiger partial charge on any atom is -0.507 e. The van der Waals surface area contributed by atoms with Gasteiger partial charge in [0, 0.05) is 27.5 Å². The third-order valence-electron chi connectivity index (χ3n) is 12.2. The summed E-state index contributed by atoms with van der Waals surface area (Å²) >= 11 is 19.1. The van der Waals surface area contributed by atoms with Crippen LogP contribution in [-0.4, -0.2) is 38.7 Å². The average molecular weight is 846 g/mol. The van der Waals surface area contributed by atoms with Gasteiger partial charge >= 0.3 is 6.18 Å². The Morgan fingerprint density at radius 1 is 0.845 bits per heavy atom. The van der Waals surface area contributed by atoms with Gasteiger partial charge in [0.15, 0.2) is 5.82 Å². The molecule has 0 unspecified atom stereocenters. The molecular formula is C43H30Cl3F3N4O5. The summed E-state index contributed by atoms with van der Waals surface area (Å²) in [5.41, 5.74) is 2.47. The lowest BCUT2D eigenvalue weighted by Crippen LogP contribution is -2.53. The number of hydrogen-bond acceptors (Lipinski definition) is 7. The molecule has 0 bridgehead atoms. The first-order chi connectivity index (χ1) is 27.6. The lowest BCUT2D eigenvalue weighted by molar-refractivity contribution is -0.139. The van der Waals surface area contributed by atoms with Gasteiger partial charge in [0.2, 0.25) is 11.8 Å². The molecule has 6 atom stereocenters. The van der Waals surface area contributed by atoms with Crippen LogP contribution in [0.25, 0.3) is 10.8 Å². The van der Waals surface area contributed by atoms with Crippen molar-refractivity contribution in [3.8, 4) is 5.75 Å². The number of phenols is 1. The second-order valence-electron chi connectivity index (χ2n) is 15.1. The molecule has 2 N–H and O–H groups in total. The number of hydrogen-bond donors (Lipinski definition) is 2. The number of aryl methyl sites for hydroxylation is 1. The number of anilines is 2. The molecule has 2 aliphatic heterocycles. The molecule has 4 amide bonds. The molecule has 1 saturated carbocycles. The van der Waals surface area contributed by atoms with E-state index in [0.29, 0.717) is 55.5 Å². The molecule has 5 aromatic rings. The Kier molecular flexibility index (Phi) is 8.92. The number of amides is 4. The lowest BCUT2D eigenvalue weighted by Gasteiger charge is -2.51. The van der Waals surface area contributed by atoms with Crippen molar-refractivity contribution < 1.29 is 37.5 Å². The Bertz CT molecular complexity index is 2650. The summed E-state index contributed by atoms with van der Waals surface area (Å²) in [6.45, 7) is 1.80. The number of aromatic hydroxyl groups is 1. The van der Waals surface area contributed by atoms with Crippen molar-refractivity contribution in [3.05, 3.63) is 140 Å². The third kappa shape index (κ3) is 5.55. The van der Waals surface area contributed by atoms with Gasteiger partial charge in [-0.2, -0.15) is 18.2 Å². The van der Waals surface area contributed by atoms with E-state index in [0.717, 1.165) is 15.5 Å². The van der Waals surface area contributed by atoms with Gasteiger partial charge in [0.25, 0.3) is 11.8 Å². The Labute approximate surface area is 344 Å².